The fraction of sp³-hybridized carbons (Fsp3) is 0.643. The number of thiophene rings is 1. The molecular formula is C14H18BrClO2S. The Morgan fingerprint density at radius 1 is 1.42 bits per heavy atom. The lowest BCUT2D eigenvalue weighted by Gasteiger charge is -2.36. The van der Waals surface area contributed by atoms with Gasteiger partial charge < -0.3 is 5.11 Å². The molecule has 5 heteroatoms. The fourth-order valence-electron chi connectivity index (χ4n) is 3.04. The average Bonchev–Trinajstić information content (AvgIpc) is 2.67. The van der Waals surface area contributed by atoms with Gasteiger partial charge in [0, 0.05) is 9.35 Å². The summed E-state index contributed by atoms with van der Waals surface area (Å²) in [6.07, 6.45) is 7.90. The Hall–Kier alpha value is -0.0600. The number of halogens is 2. The van der Waals surface area contributed by atoms with Crippen LogP contribution >= 0.6 is 38.9 Å². The molecule has 0 aromatic carbocycles. The molecule has 1 saturated carbocycles. The van der Waals surface area contributed by atoms with E-state index in [2.05, 4.69) is 22.0 Å². The van der Waals surface area contributed by atoms with E-state index in [4.69, 9.17) is 16.7 Å². The first-order valence-corrected chi connectivity index (χ1v) is 8.65. The van der Waals surface area contributed by atoms with Crippen LogP contribution in [-0.2, 0) is 11.2 Å². The Morgan fingerprint density at radius 2 is 2.11 bits per heavy atom. The van der Waals surface area contributed by atoms with Crippen molar-refractivity contribution in [3.63, 3.8) is 0 Å². The quantitative estimate of drug-likeness (QED) is 0.745. The molecule has 0 unspecified atom stereocenters. The summed E-state index contributed by atoms with van der Waals surface area (Å²) in [6.45, 7) is 0. The molecule has 1 aromatic rings. The summed E-state index contributed by atoms with van der Waals surface area (Å²) in [5.74, 6) is -0.660. The average molecular weight is 366 g/mol. The minimum atomic E-state index is -0.660. The molecule has 1 aliphatic rings. The van der Waals surface area contributed by atoms with Gasteiger partial charge in [-0.05, 0) is 53.1 Å². The number of hydrogen-bond acceptors (Lipinski definition) is 2. The molecule has 0 amide bonds. The van der Waals surface area contributed by atoms with Gasteiger partial charge in [-0.25, -0.2) is 0 Å². The molecule has 106 valence electrons. The lowest BCUT2D eigenvalue weighted by atomic mass is 9.69. The standard InChI is InChI=1S/C14H18BrClO2S/c15-11-8-10(19-13(11)16)4-7-14(9-12(17)18)5-2-1-3-6-14/h8H,1-7,9H2,(H,17,18). The summed E-state index contributed by atoms with van der Waals surface area (Å²) >= 11 is 11.1. The van der Waals surface area contributed by atoms with Gasteiger partial charge >= 0.3 is 5.97 Å². The van der Waals surface area contributed by atoms with Crippen molar-refractivity contribution in [1.82, 2.24) is 0 Å². The Bertz CT molecular complexity index is 433. The van der Waals surface area contributed by atoms with Crippen molar-refractivity contribution < 1.29 is 9.90 Å². The normalized spacial score (nSPS) is 18.4. The first kappa shape index (κ1) is 15.3. The van der Waals surface area contributed by atoms with Crippen LogP contribution in [0, 0.1) is 5.41 Å². The highest BCUT2D eigenvalue weighted by Crippen LogP contribution is 2.44. The SMILES string of the molecule is O=C(O)CC1(CCc2cc(Br)c(Cl)s2)CCCCC1. The lowest BCUT2D eigenvalue weighted by Crippen LogP contribution is -2.28. The molecule has 0 bridgehead atoms. The molecule has 0 atom stereocenters. The zero-order chi connectivity index (χ0) is 13.9. The van der Waals surface area contributed by atoms with Crippen molar-refractivity contribution in [2.75, 3.05) is 0 Å². The molecule has 1 N–H and O–H groups in total. The van der Waals surface area contributed by atoms with E-state index < -0.39 is 5.97 Å². The smallest absolute Gasteiger partial charge is 0.303 e. The summed E-state index contributed by atoms with van der Waals surface area (Å²) in [5.41, 5.74) is 0.00697. The number of aliphatic carboxylic acids is 1. The molecule has 0 spiro atoms. The monoisotopic (exact) mass is 364 g/mol. The van der Waals surface area contributed by atoms with Gasteiger partial charge in [-0.1, -0.05) is 30.9 Å². The topological polar surface area (TPSA) is 37.3 Å². The maximum Gasteiger partial charge on any atom is 0.303 e. The van der Waals surface area contributed by atoms with Crippen LogP contribution in [0.5, 0.6) is 0 Å². The van der Waals surface area contributed by atoms with E-state index in [1.165, 1.54) is 24.1 Å². The van der Waals surface area contributed by atoms with Gasteiger partial charge in [0.05, 0.1) is 6.42 Å². The predicted octanol–water partition coefficient (Wildman–Crippen LogP) is 5.52. The van der Waals surface area contributed by atoms with Gasteiger partial charge in [0.2, 0.25) is 0 Å². The Kier molecular flexibility index (Phi) is 5.32. The maximum absolute atomic E-state index is 11.1. The van der Waals surface area contributed by atoms with E-state index in [0.29, 0.717) is 6.42 Å². The maximum atomic E-state index is 11.1. The number of carboxylic acid groups (broad SMARTS) is 1. The van der Waals surface area contributed by atoms with Crippen LogP contribution in [0.15, 0.2) is 10.5 Å². The molecule has 0 radical (unpaired) electrons. The van der Waals surface area contributed by atoms with Crippen molar-refractivity contribution in [3.8, 4) is 0 Å². The van der Waals surface area contributed by atoms with E-state index >= 15 is 0 Å². The zero-order valence-corrected chi connectivity index (χ0v) is 13.9. The second-order valence-corrected chi connectivity index (χ2v) is 8.06. The molecule has 1 fully saturated rings. The molecule has 0 saturated heterocycles. The van der Waals surface area contributed by atoms with Gasteiger partial charge in [0.25, 0.3) is 0 Å². The first-order valence-electron chi connectivity index (χ1n) is 6.66. The number of carboxylic acids is 1. The minimum absolute atomic E-state index is 0.00697. The summed E-state index contributed by atoms with van der Waals surface area (Å²) in [7, 11) is 0. The lowest BCUT2D eigenvalue weighted by molar-refractivity contribution is -0.140. The van der Waals surface area contributed by atoms with Gasteiger partial charge in [0.15, 0.2) is 0 Å². The summed E-state index contributed by atoms with van der Waals surface area (Å²) in [4.78, 5) is 12.4. The molecule has 2 nitrogen and oxygen atoms in total. The molecule has 1 aromatic heterocycles. The van der Waals surface area contributed by atoms with Crippen LogP contribution in [0.4, 0.5) is 0 Å². The summed E-state index contributed by atoms with van der Waals surface area (Å²) in [6, 6.07) is 2.06. The Morgan fingerprint density at radius 3 is 2.63 bits per heavy atom. The molecule has 1 heterocycles. The van der Waals surface area contributed by atoms with Crippen molar-refractivity contribution in [3.05, 3.63) is 19.8 Å². The van der Waals surface area contributed by atoms with Crippen molar-refractivity contribution >= 4 is 44.8 Å². The highest BCUT2D eigenvalue weighted by molar-refractivity contribution is 9.10. The van der Waals surface area contributed by atoms with Gasteiger partial charge in [0.1, 0.15) is 4.34 Å². The third kappa shape index (κ3) is 4.20. The van der Waals surface area contributed by atoms with Crippen LogP contribution in [0.3, 0.4) is 0 Å². The van der Waals surface area contributed by atoms with E-state index in [-0.39, 0.29) is 5.41 Å². The summed E-state index contributed by atoms with van der Waals surface area (Å²) in [5, 5.41) is 9.15. The second-order valence-electron chi connectivity index (χ2n) is 5.47. The largest absolute Gasteiger partial charge is 0.481 e. The number of carbonyl (C=O) groups is 1. The third-order valence-corrected chi connectivity index (χ3v) is 6.57. The van der Waals surface area contributed by atoms with Gasteiger partial charge in [-0.15, -0.1) is 11.3 Å². The minimum Gasteiger partial charge on any atom is -0.481 e. The zero-order valence-electron chi connectivity index (χ0n) is 10.8. The van der Waals surface area contributed by atoms with Crippen molar-refractivity contribution in [1.29, 1.82) is 0 Å². The number of rotatable bonds is 5. The van der Waals surface area contributed by atoms with E-state index in [0.717, 1.165) is 34.5 Å². The molecule has 1 aliphatic carbocycles. The van der Waals surface area contributed by atoms with Crippen LogP contribution in [0.2, 0.25) is 4.34 Å². The fourth-order valence-corrected chi connectivity index (χ4v) is 4.83. The van der Waals surface area contributed by atoms with E-state index in [1.807, 2.05) is 0 Å². The Labute approximate surface area is 131 Å². The molecule has 0 aliphatic heterocycles. The van der Waals surface area contributed by atoms with Gasteiger partial charge in [-0.3, -0.25) is 4.79 Å². The highest BCUT2D eigenvalue weighted by atomic mass is 79.9. The predicted molar refractivity (Wildman–Crippen MR) is 83.1 cm³/mol. The van der Waals surface area contributed by atoms with Crippen molar-refractivity contribution in [2.45, 2.75) is 51.4 Å². The van der Waals surface area contributed by atoms with Crippen LogP contribution in [0.25, 0.3) is 0 Å². The van der Waals surface area contributed by atoms with E-state index in [1.54, 1.807) is 11.3 Å². The van der Waals surface area contributed by atoms with Crippen LogP contribution in [0.1, 0.15) is 49.8 Å². The molecule has 2 rings (SSSR count). The third-order valence-electron chi connectivity index (χ3n) is 4.04. The number of aryl methyl sites for hydroxylation is 1. The Balaban J connectivity index is 2.01. The van der Waals surface area contributed by atoms with Crippen molar-refractivity contribution in [2.24, 2.45) is 5.41 Å². The van der Waals surface area contributed by atoms with Gasteiger partial charge in [-0.2, -0.15) is 0 Å². The number of hydrogen-bond donors (Lipinski definition) is 1. The second kappa shape index (κ2) is 6.59. The van der Waals surface area contributed by atoms with E-state index in [9.17, 15) is 4.79 Å². The first-order chi connectivity index (χ1) is 9.01. The highest BCUT2D eigenvalue weighted by Gasteiger charge is 2.34. The molecule has 19 heavy (non-hydrogen) atoms. The van der Waals surface area contributed by atoms with Crippen LogP contribution < -0.4 is 0 Å². The van der Waals surface area contributed by atoms with Crippen LogP contribution in [-0.4, -0.2) is 11.1 Å². The summed E-state index contributed by atoms with van der Waals surface area (Å²) < 4.78 is 1.73. The molecular weight excluding hydrogens is 348 g/mol.